The Kier molecular flexibility index (Phi) is 4.40. The summed E-state index contributed by atoms with van der Waals surface area (Å²) >= 11 is 0. The van der Waals surface area contributed by atoms with E-state index >= 15 is 0 Å². The Balaban J connectivity index is 2.04. The van der Waals surface area contributed by atoms with Crippen molar-refractivity contribution >= 4 is 0 Å². The maximum Gasteiger partial charge on any atom is 0.387 e. The normalized spacial score (nSPS) is 26.3. The van der Waals surface area contributed by atoms with Crippen molar-refractivity contribution in [1.82, 2.24) is 0 Å². The van der Waals surface area contributed by atoms with Crippen molar-refractivity contribution in [2.45, 2.75) is 44.6 Å². The molecule has 0 spiro atoms. The van der Waals surface area contributed by atoms with Crippen molar-refractivity contribution in [2.75, 3.05) is 6.54 Å². The fourth-order valence-corrected chi connectivity index (χ4v) is 3.17. The molecule has 0 heterocycles. The molecule has 2 N–H and O–H groups in total. The van der Waals surface area contributed by atoms with Crippen LogP contribution in [0.4, 0.5) is 8.78 Å². The Hall–Kier alpha value is -1.16. The lowest BCUT2D eigenvalue weighted by atomic mass is 9.57. The quantitative estimate of drug-likeness (QED) is 0.854. The number of rotatable bonds is 6. The lowest BCUT2D eigenvalue weighted by molar-refractivity contribution is -0.0498. The summed E-state index contributed by atoms with van der Waals surface area (Å²) in [6, 6.07) is 6.94. The van der Waals surface area contributed by atoms with Crippen molar-refractivity contribution in [3.63, 3.8) is 0 Å². The fourth-order valence-electron chi connectivity index (χ4n) is 3.17. The van der Waals surface area contributed by atoms with Crippen molar-refractivity contribution in [1.29, 1.82) is 0 Å². The number of hydrogen-bond donors (Lipinski definition) is 1. The molecular formula is C15H21F2NO. The van der Waals surface area contributed by atoms with E-state index in [1.807, 2.05) is 12.1 Å². The molecule has 0 aromatic heterocycles. The van der Waals surface area contributed by atoms with Gasteiger partial charge in [-0.15, -0.1) is 0 Å². The Bertz CT molecular complexity index is 399. The van der Waals surface area contributed by atoms with E-state index in [9.17, 15) is 8.78 Å². The molecule has 2 nitrogen and oxygen atoms in total. The van der Waals surface area contributed by atoms with Crippen LogP contribution in [-0.4, -0.2) is 13.2 Å². The Morgan fingerprint density at radius 3 is 2.42 bits per heavy atom. The molecule has 1 saturated carbocycles. The summed E-state index contributed by atoms with van der Waals surface area (Å²) in [5.41, 5.74) is 7.11. The monoisotopic (exact) mass is 269 g/mol. The van der Waals surface area contributed by atoms with Gasteiger partial charge in [-0.05, 0) is 36.5 Å². The molecule has 1 aromatic rings. The molecule has 0 atom stereocenters. The van der Waals surface area contributed by atoms with Crippen LogP contribution in [0, 0.1) is 5.92 Å². The number of halogens is 2. The van der Waals surface area contributed by atoms with Gasteiger partial charge in [0.15, 0.2) is 0 Å². The molecule has 1 aliphatic carbocycles. The van der Waals surface area contributed by atoms with E-state index in [1.54, 1.807) is 12.1 Å². The number of ether oxygens (including phenoxy) is 1. The SMILES string of the molecule is CCCC1CC(CN)(c2ccc(OC(F)F)cc2)C1. The maximum absolute atomic E-state index is 12.1. The molecule has 19 heavy (non-hydrogen) atoms. The first-order chi connectivity index (χ1) is 9.09. The minimum absolute atomic E-state index is 0.0448. The largest absolute Gasteiger partial charge is 0.435 e. The zero-order chi connectivity index (χ0) is 13.9. The number of hydrogen-bond acceptors (Lipinski definition) is 2. The van der Waals surface area contributed by atoms with Gasteiger partial charge in [-0.1, -0.05) is 31.9 Å². The molecule has 0 aliphatic heterocycles. The van der Waals surface area contributed by atoms with Crippen LogP contribution in [0.1, 0.15) is 38.2 Å². The molecule has 0 saturated heterocycles. The zero-order valence-corrected chi connectivity index (χ0v) is 11.2. The zero-order valence-electron chi connectivity index (χ0n) is 11.2. The second kappa shape index (κ2) is 5.87. The summed E-state index contributed by atoms with van der Waals surface area (Å²) in [4.78, 5) is 0. The third-order valence-corrected chi connectivity index (χ3v) is 4.14. The number of nitrogens with two attached hydrogens (primary N) is 1. The van der Waals surface area contributed by atoms with Gasteiger partial charge in [-0.2, -0.15) is 8.78 Å². The van der Waals surface area contributed by atoms with Gasteiger partial charge in [0.25, 0.3) is 0 Å². The molecule has 0 amide bonds. The Morgan fingerprint density at radius 2 is 1.95 bits per heavy atom. The van der Waals surface area contributed by atoms with Crippen LogP contribution >= 0.6 is 0 Å². The van der Waals surface area contributed by atoms with Crippen molar-refractivity contribution in [3.8, 4) is 5.75 Å². The average Bonchev–Trinajstić information content (AvgIpc) is 2.34. The standard InChI is InChI=1S/C15H21F2NO/c1-2-3-11-8-15(9-11,10-18)12-4-6-13(7-5-12)19-14(16)17/h4-7,11,14H,2-3,8-10,18H2,1H3. The average molecular weight is 269 g/mol. The molecule has 4 heteroatoms. The van der Waals surface area contributed by atoms with Gasteiger partial charge in [0, 0.05) is 12.0 Å². The summed E-state index contributed by atoms with van der Waals surface area (Å²) < 4.78 is 28.5. The van der Waals surface area contributed by atoms with Crippen LogP contribution in [-0.2, 0) is 5.41 Å². The van der Waals surface area contributed by atoms with E-state index in [2.05, 4.69) is 11.7 Å². The summed E-state index contributed by atoms with van der Waals surface area (Å²) in [5, 5.41) is 0. The first-order valence-electron chi connectivity index (χ1n) is 6.85. The second-order valence-corrected chi connectivity index (χ2v) is 5.45. The van der Waals surface area contributed by atoms with Crippen molar-refractivity contribution < 1.29 is 13.5 Å². The topological polar surface area (TPSA) is 35.2 Å². The first-order valence-corrected chi connectivity index (χ1v) is 6.85. The Morgan fingerprint density at radius 1 is 1.32 bits per heavy atom. The molecule has 1 aromatic carbocycles. The van der Waals surface area contributed by atoms with Crippen LogP contribution in [0.2, 0.25) is 0 Å². The lowest BCUT2D eigenvalue weighted by Crippen LogP contribution is -2.47. The van der Waals surface area contributed by atoms with Gasteiger partial charge < -0.3 is 10.5 Å². The molecule has 106 valence electrons. The first kappa shape index (κ1) is 14.3. The van der Waals surface area contributed by atoms with Gasteiger partial charge in [0.05, 0.1) is 0 Å². The summed E-state index contributed by atoms with van der Waals surface area (Å²) in [6.07, 6.45) is 4.65. The van der Waals surface area contributed by atoms with Crippen molar-refractivity contribution in [2.24, 2.45) is 11.7 Å². The van der Waals surface area contributed by atoms with E-state index in [-0.39, 0.29) is 11.2 Å². The van der Waals surface area contributed by atoms with E-state index in [4.69, 9.17) is 5.73 Å². The second-order valence-electron chi connectivity index (χ2n) is 5.45. The molecule has 2 rings (SSSR count). The lowest BCUT2D eigenvalue weighted by Gasteiger charge is -2.48. The Labute approximate surface area is 112 Å². The van der Waals surface area contributed by atoms with Crippen LogP contribution in [0.25, 0.3) is 0 Å². The predicted octanol–water partition coefficient (Wildman–Crippen LogP) is 3.69. The highest BCUT2D eigenvalue weighted by Gasteiger charge is 2.43. The molecule has 0 unspecified atom stereocenters. The molecule has 1 fully saturated rings. The fraction of sp³-hybridized carbons (Fsp3) is 0.600. The third-order valence-electron chi connectivity index (χ3n) is 4.14. The third kappa shape index (κ3) is 3.06. The number of benzene rings is 1. The van der Waals surface area contributed by atoms with Crippen LogP contribution in [0.3, 0.4) is 0 Å². The molecular weight excluding hydrogens is 248 g/mol. The molecule has 1 aliphatic rings. The van der Waals surface area contributed by atoms with E-state index in [1.165, 1.54) is 12.8 Å². The minimum atomic E-state index is -2.77. The molecule has 0 radical (unpaired) electrons. The highest BCUT2D eigenvalue weighted by atomic mass is 19.3. The van der Waals surface area contributed by atoms with E-state index in [0.717, 1.165) is 24.3 Å². The van der Waals surface area contributed by atoms with Gasteiger partial charge >= 0.3 is 6.61 Å². The summed E-state index contributed by atoms with van der Waals surface area (Å²) in [6.45, 7) is 0.0354. The van der Waals surface area contributed by atoms with Crippen LogP contribution < -0.4 is 10.5 Å². The van der Waals surface area contributed by atoms with Crippen LogP contribution in [0.5, 0.6) is 5.75 Å². The van der Waals surface area contributed by atoms with Crippen molar-refractivity contribution in [3.05, 3.63) is 29.8 Å². The minimum Gasteiger partial charge on any atom is -0.435 e. The van der Waals surface area contributed by atoms with Gasteiger partial charge in [-0.3, -0.25) is 0 Å². The number of alkyl halides is 2. The summed E-state index contributed by atoms with van der Waals surface area (Å²) in [7, 11) is 0. The highest BCUT2D eigenvalue weighted by Crippen LogP contribution is 2.49. The van der Waals surface area contributed by atoms with Gasteiger partial charge in [0.2, 0.25) is 0 Å². The van der Waals surface area contributed by atoms with Crippen LogP contribution in [0.15, 0.2) is 24.3 Å². The van der Waals surface area contributed by atoms with Gasteiger partial charge in [-0.25, -0.2) is 0 Å². The highest BCUT2D eigenvalue weighted by molar-refractivity contribution is 5.35. The van der Waals surface area contributed by atoms with E-state index in [0.29, 0.717) is 6.54 Å². The molecule has 0 bridgehead atoms. The maximum atomic E-state index is 12.1. The predicted molar refractivity (Wildman–Crippen MR) is 71.4 cm³/mol. The van der Waals surface area contributed by atoms with Gasteiger partial charge in [0.1, 0.15) is 5.75 Å². The van der Waals surface area contributed by atoms with E-state index < -0.39 is 6.61 Å². The summed E-state index contributed by atoms with van der Waals surface area (Å²) in [5.74, 6) is 0.959. The smallest absolute Gasteiger partial charge is 0.387 e.